The summed E-state index contributed by atoms with van der Waals surface area (Å²) in [4.78, 5) is 3.94. The van der Waals surface area contributed by atoms with Gasteiger partial charge in [-0.1, -0.05) is 0 Å². The van der Waals surface area contributed by atoms with Crippen LogP contribution in [0.5, 0.6) is 11.5 Å². The van der Waals surface area contributed by atoms with Gasteiger partial charge in [0.2, 0.25) is 0 Å². The van der Waals surface area contributed by atoms with Gasteiger partial charge in [-0.25, -0.2) is 0 Å². The highest BCUT2D eigenvalue weighted by Crippen LogP contribution is 2.20. The topological polar surface area (TPSA) is 89.8 Å². The summed E-state index contributed by atoms with van der Waals surface area (Å²) >= 11 is 5.04. The largest absolute Gasteiger partial charge is 0.508 e. The Morgan fingerprint density at radius 3 is 2.85 bits per heavy atom. The van der Waals surface area contributed by atoms with E-state index < -0.39 is 0 Å². The van der Waals surface area contributed by atoms with Crippen molar-refractivity contribution < 1.29 is 10.2 Å². The van der Waals surface area contributed by atoms with Crippen LogP contribution in [0.1, 0.15) is 5.56 Å². The van der Waals surface area contributed by atoms with Crippen molar-refractivity contribution in [3.8, 4) is 11.5 Å². The number of benzene rings is 1. The Morgan fingerprint density at radius 2 is 2.15 bits per heavy atom. The molecule has 20 heavy (non-hydrogen) atoms. The number of rotatable bonds is 3. The fraction of sp³-hybridized carbons (Fsp3) is 0. The maximum absolute atomic E-state index is 9.56. The summed E-state index contributed by atoms with van der Waals surface area (Å²) in [5.41, 5.74) is 3.81. The Labute approximate surface area is 120 Å². The zero-order chi connectivity index (χ0) is 14.4. The highest BCUT2D eigenvalue weighted by molar-refractivity contribution is 7.80. The predicted molar refractivity (Wildman–Crippen MR) is 81.0 cm³/mol. The maximum atomic E-state index is 9.56. The van der Waals surface area contributed by atoms with Crippen LogP contribution in [-0.2, 0) is 0 Å². The molecule has 0 saturated heterocycles. The van der Waals surface area contributed by atoms with Gasteiger partial charge >= 0.3 is 0 Å². The summed E-state index contributed by atoms with van der Waals surface area (Å²) in [6.07, 6.45) is 4.68. The third-order valence-corrected chi connectivity index (χ3v) is 2.50. The Bertz CT molecular complexity index is 632. The van der Waals surface area contributed by atoms with Gasteiger partial charge in [-0.15, -0.1) is 0 Å². The molecule has 0 saturated carbocycles. The van der Waals surface area contributed by atoms with Crippen LogP contribution in [0, 0.1) is 0 Å². The quantitative estimate of drug-likeness (QED) is 0.391. The first-order valence-electron chi connectivity index (χ1n) is 5.67. The molecular weight excluding hydrogens is 276 g/mol. The summed E-state index contributed by atoms with van der Waals surface area (Å²) in [6.45, 7) is 0. The summed E-state index contributed by atoms with van der Waals surface area (Å²) in [5.74, 6) is -0.0805. The lowest BCUT2D eigenvalue weighted by Crippen LogP contribution is -2.23. The number of anilines is 1. The van der Waals surface area contributed by atoms with Gasteiger partial charge in [0, 0.05) is 17.8 Å². The molecule has 0 amide bonds. The Hall–Kier alpha value is -2.67. The number of aromatic nitrogens is 1. The van der Waals surface area contributed by atoms with Crippen molar-refractivity contribution in [2.75, 3.05) is 5.32 Å². The van der Waals surface area contributed by atoms with Crippen molar-refractivity contribution in [1.29, 1.82) is 0 Å². The minimum Gasteiger partial charge on any atom is -0.508 e. The molecule has 0 atom stereocenters. The molecule has 0 unspecified atom stereocenters. The van der Waals surface area contributed by atoms with Gasteiger partial charge in [0.1, 0.15) is 11.5 Å². The first-order valence-corrected chi connectivity index (χ1v) is 6.08. The lowest BCUT2D eigenvalue weighted by molar-refractivity contribution is 0.450. The monoisotopic (exact) mass is 288 g/mol. The second kappa shape index (κ2) is 6.48. The van der Waals surface area contributed by atoms with Gasteiger partial charge in [0.25, 0.3) is 0 Å². The third kappa shape index (κ3) is 3.92. The molecule has 1 aromatic carbocycles. The zero-order valence-electron chi connectivity index (χ0n) is 10.3. The fourth-order valence-corrected chi connectivity index (χ4v) is 1.57. The van der Waals surface area contributed by atoms with Crippen molar-refractivity contribution in [1.82, 2.24) is 10.4 Å². The number of phenolic OH excluding ortho intramolecular Hbond substituents is 2. The minimum atomic E-state index is -0.0679. The Kier molecular flexibility index (Phi) is 4.46. The Morgan fingerprint density at radius 1 is 1.30 bits per heavy atom. The fourth-order valence-electron chi connectivity index (χ4n) is 1.40. The molecule has 0 aliphatic carbocycles. The van der Waals surface area contributed by atoms with E-state index in [-0.39, 0.29) is 11.5 Å². The SMILES string of the molecule is Oc1ccc(C=NNC(=S)Nc2cccnc2)c(O)c1. The highest BCUT2D eigenvalue weighted by atomic mass is 32.1. The van der Waals surface area contributed by atoms with E-state index in [0.29, 0.717) is 10.7 Å². The van der Waals surface area contributed by atoms with Gasteiger partial charge in [-0.3, -0.25) is 10.4 Å². The lowest BCUT2D eigenvalue weighted by atomic mass is 10.2. The number of phenols is 2. The van der Waals surface area contributed by atoms with Crippen molar-refractivity contribution in [2.24, 2.45) is 5.10 Å². The molecule has 6 nitrogen and oxygen atoms in total. The summed E-state index contributed by atoms with van der Waals surface area (Å²) in [5, 5.41) is 25.8. The smallest absolute Gasteiger partial charge is 0.191 e. The zero-order valence-corrected chi connectivity index (χ0v) is 11.1. The van der Waals surface area contributed by atoms with E-state index in [2.05, 4.69) is 20.8 Å². The molecule has 2 rings (SSSR count). The molecule has 4 N–H and O–H groups in total. The van der Waals surface area contributed by atoms with Crippen LogP contribution in [-0.4, -0.2) is 26.5 Å². The molecule has 102 valence electrons. The maximum Gasteiger partial charge on any atom is 0.191 e. The number of pyridine rings is 1. The number of hydrazone groups is 1. The van der Waals surface area contributed by atoms with Crippen LogP contribution in [0.15, 0.2) is 47.8 Å². The van der Waals surface area contributed by atoms with Crippen LogP contribution in [0.4, 0.5) is 5.69 Å². The molecule has 0 aliphatic heterocycles. The van der Waals surface area contributed by atoms with E-state index in [9.17, 15) is 5.11 Å². The van der Waals surface area contributed by atoms with Crippen LogP contribution in [0.2, 0.25) is 0 Å². The molecular formula is C13H12N4O2S. The van der Waals surface area contributed by atoms with Crippen LogP contribution in [0.25, 0.3) is 0 Å². The van der Waals surface area contributed by atoms with Gasteiger partial charge in [-0.2, -0.15) is 5.10 Å². The second-order valence-electron chi connectivity index (χ2n) is 3.81. The van der Waals surface area contributed by atoms with Crippen LogP contribution >= 0.6 is 12.2 Å². The Balaban J connectivity index is 1.91. The molecule has 7 heteroatoms. The molecule has 0 bridgehead atoms. The van der Waals surface area contributed by atoms with E-state index in [1.54, 1.807) is 18.5 Å². The molecule has 2 aromatic rings. The van der Waals surface area contributed by atoms with E-state index in [1.165, 1.54) is 24.4 Å². The summed E-state index contributed by atoms with van der Waals surface area (Å²) < 4.78 is 0. The summed E-state index contributed by atoms with van der Waals surface area (Å²) in [6, 6.07) is 7.81. The van der Waals surface area contributed by atoms with Gasteiger partial charge < -0.3 is 15.5 Å². The molecule has 1 heterocycles. The number of thiocarbonyl (C=S) groups is 1. The summed E-state index contributed by atoms with van der Waals surface area (Å²) in [7, 11) is 0. The van der Waals surface area contributed by atoms with Crippen LogP contribution in [0.3, 0.4) is 0 Å². The highest BCUT2D eigenvalue weighted by Gasteiger charge is 1.99. The van der Waals surface area contributed by atoms with Gasteiger partial charge in [-0.05, 0) is 36.5 Å². The molecule has 0 radical (unpaired) electrons. The molecule has 1 aromatic heterocycles. The molecule has 0 aliphatic rings. The van der Waals surface area contributed by atoms with Crippen LogP contribution < -0.4 is 10.7 Å². The first-order chi connectivity index (χ1) is 9.65. The lowest BCUT2D eigenvalue weighted by Gasteiger charge is -2.05. The number of hydrogen-bond donors (Lipinski definition) is 4. The van der Waals surface area contributed by atoms with Crippen molar-refractivity contribution >= 4 is 29.2 Å². The minimum absolute atomic E-state index is 0.0126. The predicted octanol–water partition coefficient (Wildman–Crippen LogP) is 1.81. The second-order valence-corrected chi connectivity index (χ2v) is 4.22. The van der Waals surface area contributed by atoms with Crippen molar-refractivity contribution in [2.45, 2.75) is 0 Å². The van der Waals surface area contributed by atoms with E-state index >= 15 is 0 Å². The number of hydrogen-bond acceptors (Lipinski definition) is 5. The van der Waals surface area contributed by atoms with E-state index in [0.717, 1.165) is 5.69 Å². The van der Waals surface area contributed by atoms with Crippen molar-refractivity contribution in [3.63, 3.8) is 0 Å². The normalized spacial score (nSPS) is 10.4. The third-order valence-electron chi connectivity index (χ3n) is 2.30. The number of aromatic hydroxyl groups is 2. The van der Waals surface area contributed by atoms with Gasteiger partial charge in [0.15, 0.2) is 5.11 Å². The van der Waals surface area contributed by atoms with E-state index in [4.69, 9.17) is 17.3 Å². The average molecular weight is 288 g/mol. The van der Waals surface area contributed by atoms with Crippen molar-refractivity contribution in [3.05, 3.63) is 48.3 Å². The van der Waals surface area contributed by atoms with E-state index in [1.807, 2.05) is 6.07 Å². The average Bonchev–Trinajstić information content (AvgIpc) is 2.42. The number of nitrogens with zero attached hydrogens (tertiary/aromatic N) is 2. The van der Waals surface area contributed by atoms with Gasteiger partial charge in [0.05, 0.1) is 18.1 Å². The standard InChI is InChI=1S/C13H12N4O2S/c18-11-4-3-9(12(19)6-11)7-15-17-13(20)16-10-2-1-5-14-8-10/h1-8,18-19H,(H2,16,17,20). The number of nitrogens with one attached hydrogen (secondary N) is 2. The molecule has 0 fully saturated rings. The molecule has 0 spiro atoms. The first kappa shape index (κ1) is 13.8.